The Morgan fingerprint density at radius 1 is 1.04 bits per heavy atom. The summed E-state index contributed by atoms with van der Waals surface area (Å²) in [6, 6.07) is 20.1. The number of amides is 1. The molecule has 3 aromatic rings. The van der Waals surface area contributed by atoms with Crippen molar-refractivity contribution in [2.45, 2.75) is 19.9 Å². The topological polar surface area (TPSA) is 90.7 Å². The molecule has 1 heterocycles. The van der Waals surface area contributed by atoms with Crippen molar-refractivity contribution in [2.24, 2.45) is 0 Å². The van der Waals surface area contributed by atoms with Crippen molar-refractivity contribution in [2.75, 3.05) is 10.6 Å². The minimum atomic E-state index is -0.364. The zero-order chi connectivity index (χ0) is 19.2. The van der Waals surface area contributed by atoms with Gasteiger partial charge in [-0.2, -0.15) is 5.26 Å². The van der Waals surface area contributed by atoms with Gasteiger partial charge < -0.3 is 10.6 Å². The molecule has 27 heavy (non-hydrogen) atoms. The molecule has 0 bridgehead atoms. The molecule has 0 atom stereocenters. The summed E-state index contributed by atoms with van der Waals surface area (Å²) < 4.78 is 0. The molecule has 0 saturated carbocycles. The molecule has 6 heteroatoms. The van der Waals surface area contributed by atoms with Crippen molar-refractivity contribution in [3.8, 4) is 17.5 Å². The van der Waals surface area contributed by atoms with Crippen molar-refractivity contribution >= 4 is 17.4 Å². The second-order valence-corrected chi connectivity index (χ2v) is 6.27. The van der Waals surface area contributed by atoms with Crippen molar-refractivity contribution in [1.82, 2.24) is 9.97 Å². The summed E-state index contributed by atoms with van der Waals surface area (Å²) in [5.74, 6) is 0.684. The monoisotopic (exact) mass is 357 g/mol. The van der Waals surface area contributed by atoms with Gasteiger partial charge in [0.2, 0.25) is 0 Å². The van der Waals surface area contributed by atoms with Crippen LogP contribution >= 0.6 is 0 Å². The Hall–Kier alpha value is -3.72. The van der Waals surface area contributed by atoms with Crippen LogP contribution in [0.25, 0.3) is 11.4 Å². The molecule has 2 aromatic carbocycles. The van der Waals surface area contributed by atoms with Crippen molar-refractivity contribution in [3.05, 3.63) is 71.9 Å². The quantitative estimate of drug-likeness (QED) is 0.718. The number of anilines is 2. The first kappa shape index (κ1) is 18.1. The van der Waals surface area contributed by atoms with E-state index in [-0.39, 0.29) is 17.6 Å². The van der Waals surface area contributed by atoms with Crippen molar-refractivity contribution in [3.63, 3.8) is 0 Å². The largest absolute Gasteiger partial charge is 0.368 e. The lowest BCUT2D eigenvalue weighted by Crippen LogP contribution is -2.17. The fourth-order valence-corrected chi connectivity index (χ4v) is 2.51. The number of benzene rings is 2. The second kappa shape index (κ2) is 8.11. The molecule has 1 aromatic heterocycles. The fourth-order valence-electron chi connectivity index (χ4n) is 2.51. The van der Waals surface area contributed by atoms with E-state index < -0.39 is 0 Å². The highest BCUT2D eigenvalue weighted by Gasteiger charge is 2.14. The molecule has 134 valence electrons. The van der Waals surface area contributed by atoms with Crippen LogP contribution in [0.2, 0.25) is 0 Å². The van der Waals surface area contributed by atoms with Crippen LogP contribution in [0, 0.1) is 11.3 Å². The van der Waals surface area contributed by atoms with E-state index in [1.807, 2.05) is 44.2 Å². The molecule has 3 rings (SSSR count). The van der Waals surface area contributed by atoms with Gasteiger partial charge in [-0.1, -0.05) is 36.4 Å². The Labute approximate surface area is 157 Å². The van der Waals surface area contributed by atoms with Crippen molar-refractivity contribution in [1.29, 1.82) is 5.26 Å². The van der Waals surface area contributed by atoms with Gasteiger partial charge >= 0.3 is 0 Å². The highest BCUT2D eigenvalue weighted by atomic mass is 16.1. The van der Waals surface area contributed by atoms with Crippen molar-refractivity contribution < 1.29 is 4.79 Å². The lowest BCUT2D eigenvalue weighted by molar-refractivity contribution is 0.102. The smallest absolute Gasteiger partial charge is 0.274 e. The maximum atomic E-state index is 12.7. The zero-order valence-corrected chi connectivity index (χ0v) is 15.1. The summed E-state index contributed by atoms with van der Waals surface area (Å²) in [6.45, 7) is 3.99. The molecule has 0 aliphatic rings. The zero-order valence-electron chi connectivity index (χ0n) is 15.1. The molecule has 0 fully saturated rings. The molecule has 2 N–H and O–H groups in total. The number of nitrogens with one attached hydrogen (secondary N) is 2. The predicted octanol–water partition coefficient (Wildman–Crippen LogP) is 4.09. The van der Waals surface area contributed by atoms with Gasteiger partial charge in [0, 0.05) is 23.4 Å². The van der Waals surface area contributed by atoms with Gasteiger partial charge in [-0.15, -0.1) is 0 Å². The number of nitriles is 1. The van der Waals surface area contributed by atoms with Gasteiger partial charge in [-0.05, 0) is 32.0 Å². The third kappa shape index (κ3) is 4.67. The van der Waals surface area contributed by atoms with Gasteiger partial charge in [0.1, 0.15) is 11.5 Å². The number of hydrogen-bond donors (Lipinski definition) is 2. The second-order valence-electron chi connectivity index (χ2n) is 6.27. The van der Waals surface area contributed by atoms with Gasteiger partial charge in [-0.3, -0.25) is 4.79 Å². The number of nitrogens with zero attached hydrogens (tertiary/aromatic N) is 3. The Morgan fingerprint density at radius 3 is 2.52 bits per heavy atom. The summed E-state index contributed by atoms with van der Waals surface area (Å²) in [7, 11) is 0. The van der Waals surface area contributed by atoms with Gasteiger partial charge in [-0.25, -0.2) is 9.97 Å². The van der Waals surface area contributed by atoms with E-state index in [9.17, 15) is 4.79 Å². The lowest BCUT2D eigenvalue weighted by Gasteiger charge is -2.12. The molecule has 0 aliphatic heterocycles. The van der Waals surface area contributed by atoms with Gasteiger partial charge in [0.25, 0.3) is 5.91 Å². The maximum Gasteiger partial charge on any atom is 0.274 e. The molecule has 0 unspecified atom stereocenters. The number of carbonyl (C=O) groups excluding carboxylic acids is 1. The number of aromatic nitrogens is 2. The highest BCUT2D eigenvalue weighted by molar-refractivity contribution is 6.03. The lowest BCUT2D eigenvalue weighted by atomic mass is 10.2. The predicted molar refractivity (Wildman–Crippen MR) is 105 cm³/mol. The fraction of sp³-hybridized carbons (Fsp3) is 0.143. The number of carbonyl (C=O) groups is 1. The van der Waals surface area contributed by atoms with Gasteiger partial charge in [0.05, 0.1) is 11.6 Å². The molecule has 1 amide bonds. The molecule has 6 nitrogen and oxygen atoms in total. The van der Waals surface area contributed by atoms with E-state index in [1.165, 1.54) is 0 Å². The molecule has 0 saturated heterocycles. The van der Waals surface area contributed by atoms with Crippen LogP contribution < -0.4 is 10.6 Å². The van der Waals surface area contributed by atoms with Crippen LogP contribution in [-0.4, -0.2) is 21.9 Å². The Balaban J connectivity index is 1.95. The first-order valence-electron chi connectivity index (χ1n) is 8.57. The molecular formula is C21H19N5O. The Bertz CT molecular complexity index is 993. The summed E-state index contributed by atoms with van der Waals surface area (Å²) in [5.41, 5.74) is 2.08. The minimum Gasteiger partial charge on any atom is -0.368 e. The first-order chi connectivity index (χ1) is 13.0. The number of hydrogen-bond acceptors (Lipinski definition) is 5. The summed E-state index contributed by atoms with van der Waals surface area (Å²) >= 11 is 0. The third-order valence-corrected chi connectivity index (χ3v) is 3.68. The molecule has 0 aliphatic carbocycles. The van der Waals surface area contributed by atoms with Crippen LogP contribution in [0.4, 0.5) is 11.5 Å². The van der Waals surface area contributed by atoms with Gasteiger partial charge in [0.15, 0.2) is 5.82 Å². The molecule has 0 radical (unpaired) electrons. The van der Waals surface area contributed by atoms with E-state index in [4.69, 9.17) is 5.26 Å². The summed E-state index contributed by atoms with van der Waals surface area (Å²) in [4.78, 5) is 21.7. The average Bonchev–Trinajstić information content (AvgIpc) is 2.68. The van der Waals surface area contributed by atoms with E-state index >= 15 is 0 Å². The molecular weight excluding hydrogens is 338 g/mol. The maximum absolute atomic E-state index is 12.7. The summed E-state index contributed by atoms with van der Waals surface area (Å²) in [6.07, 6.45) is 0. The van der Waals surface area contributed by atoms with Crippen LogP contribution in [0.1, 0.15) is 29.9 Å². The summed E-state index contributed by atoms with van der Waals surface area (Å²) in [5, 5.41) is 15.0. The Kier molecular flexibility index (Phi) is 5.43. The van der Waals surface area contributed by atoms with Crippen LogP contribution in [0.5, 0.6) is 0 Å². The van der Waals surface area contributed by atoms with Crippen LogP contribution in [-0.2, 0) is 0 Å². The van der Waals surface area contributed by atoms with E-state index in [1.54, 1.807) is 30.3 Å². The average molecular weight is 357 g/mol. The molecule has 0 spiro atoms. The third-order valence-electron chi connectivity index (χ3n) is 3.68. The minimum absolute atomic E-state index is 0.159. The van der Waals surface area contributed by atoms with Crippen LogP contribution in [0.3, 0.4) is 0 Å². The highest BCUT2D eigenvalue weighted by Crippen LogP contribution is 2.19. The van der Waals surface area contributed by atoms with E-state index in [0.717, 1.165) is 5.56 Å². The van der Waals surface area contributed by atoms with E-state index in [2.05, 4.69) is 26.7 Å². The normalized spacial score (nSPS) is 10.3. The first-order valence-corrected chi connectivity index (χ1v) is 8.57. The number of rotatable bonds is 5. The van der Waals surface area contributed by atoms with Crippen LogP contribution in [0.15, 0.2) is 60.7 Å². The SMILES string of the molecule is CC(C)Nc1cc(C(=O)Nc2cccc(C#N)c2)nc(-c2ccccc2)n1. The Morgan fingerprint density at radius 2 is 1.81 bits per heavy atom. The standard InChI is InChI=1S/C21H19N5O/c1-14(2)23-19-12-18(25-20(26-19)16-8-4-3-5-9-16)21(27)24-17-10-6-7-15(11-17)13-22/h3-12,14H,1-2H3,(H,24,27)(H,23,25,26). The van der Waals surface area contributed by atoms with E-state index in [0.29, 0.717) is 22.9 Å².